The smallest absolute Gasteiger partial charge is 0.462 e. The van der Waals surface area contributed by atoms with E-state index >= 15 is 0 Å². The third kappa shape index (κ3) is 67.3. The highest BCUT2D eigenvalue weighted by Crippen LogP contribution is 2.45. The monoisotopic (exact) mass is 1380 g/mol. The average molecular weight is 1380 g/mol. The van der Waals surface area contributed by atoms with Gasteiger partial charge in [0.1, 0.15) is 19.3 Å². The Morgan fingerprint density at radius 2 is 0.543 bits per heavy atom. The standard InChI is InChI=1S/C75H146O17P2/c1-7-10-12-14-16-17-18-19-20-21-22-26-29-34-40-46-52-58-73(78)86-64-71(92-74(79)59-53-47-41-35-30-27-24-23-25-28-33-39-44-50-56-68(6)9-3)66-90-94(83,84)88-62-69(76)61-87-93(81,82)89-65-70(63-85-72(77)57-51-45-37-15-13-11-8-2)91-75(80)60-54-48-42-36-31-32-38-43-49-55-67(4)5/h67-71,76H,7-66H2,1-6H3,(H,81,82)(H,83,84)/t68?,69-,70+,71+/m0/s1. The molecule has 0 aliphatic heterocycles. The van der Waals surface area contributed by atoms with Gasteiger partial charge in [-0.05, 0) is 37.5 Å². The van der Waals surface area contributed by atoms with Gasteiger partial charge in [0.05, 0.1) is 26.4 Å². The van der Waals surface area contributed by atoms with Gasteiger partial charge in [-0.2, -0.15) is 0 Å². The van der Waals surface area contributed by atoms with E-state index < -0.39 is 97.5 Å². The van der Waals surface area contributed by atoms with E-state index in [1.807, 2.05) is 0 Å². The van der Waals surface area contributed by atoms with Crippen molar-refractivity contribution in [2.24, 2.45) is 11.8 Å². The lowest BCUT2D eigenvalue weighted by Gasteiger charge is -2.21. The Bertz CT molecular complexity index is 1820. The summed E-state index contributed by atoms with van der Waals surface area (Å²) in [5.41, 5.74) is 0. The van der Waals surface area contributed by atoms with Crippen LogP contribution in [-0.4, -0.2) is 96.7 Å². The van der Waals surface area contributed by atoms with Crippen LogP contribution in [0.4, 0.5) is 0 Å². The van der Waals surface area contributed by atoms with Gasteiger partial charge in [0.2, 0.25) is 0 Å². The van der Waals surface area contributed by atoms with Crippen LogP contribution >= 0.6 is 15.6 Å². The maximum atomic E-state index is 13.1. The molecule has 0 heterocycles. The fourth-order valence-corrected chi connectivity index (χ4v) is 13.0. The zero-order valence-corrected chi connectivity index (χ0v) is 63.1. The third-order valence-corrected chi connectivity index (χ3v) is 19.7. The molecule has 19 heteroatoms. The van der Waals surface area contributed by atoms with Crippen LogP contribution in [0.1, 0.15) is 388 Å². The summed E-state index contributed by atoms with van der Waals surface area (Å²) in [6, 6.07) is 0. The zero-order valence-electron chi connectivity index (χ0n) is 61.3. The Balaban J connectivity index is 5.20. The van der Waals surface area contributed by atoms with Crippen molar-refractivity contribution in [1.82, 2.24) is 0 Å². The number of carbonyl (C=O) groups excluding carboxylic acids is 4. The molecule has 3 N–H and O–H groups in total. The first-order chi connectivity index (χ1) is 45.4. The van der Waals surface area contributed by atoms with Gasteiger partial charge in [0.15, 0.2) is 12.2 Å². The predicted molar refractivity (Wildman–Crippen MR) is 381 cm³/mol. The van der Waals surface area contributed by atoms with Gasteiger partial charge in [-0.3, -0.25) is 37.3 Å². The second kappa shape index (κ2) is 66.9. The number of hydrogen-bond donors (Lipinski definition) is 3. The number of aliphatic hydroxyl groups excluding tert-OH is 1. The maximum Gasteiger partial charge on any atom is 0.472 e. The molecule has 0 aromatic heterocycles. The van der Waals surface area contributed by atoms with E-state index in [1.165, 1.54) is 193 Å². The van der Waals surface area contributed by atoms with Crippen molar-refractivity contribution in [2.45, 2.75) is 407 Å². The Hall–Kier alpha value is -1.94. The molecule has 0 saturated carbocycles. The number of phosphoric acid groups is 2. The lowest BCUT2D eigenvalue weighted by Crippen LogP contribution is -2.30. The van der Waals surface area contributed by atoms with E-state index in [2.05, 4.69) is 41.5 Å². The molecule has 0 spiro atoms. The van der Waals surface area contributed by atoms with Crippen molar-refractivity contribution in [3.05, 3.63) is 0 Å². The molecular weight excluding hydrogens is 1230 g/mol. The second-order valence-electron chi connectivity index (χ2n) is 27.8. The summed E-state index contributed by atoms with van der Waals surface area (Å²) in [4.78, 5) is 72.6. The molecule has 6 atom stereocenters. The highest BCUT2D eigenvalue weighted by atomic mass is 31.2. The number of aliphatic hydroxyl groups is 1. The van der Waals surface area contributed by atoms with Gasteiger partial charge in [0, 0.05) is 25.7 Å². The lowest BCUT2D eigenvalue weighted by atomic mass is 9.99. The quantitative estimate of drug-likeness (QED) is 0.0222. The van der Waals surface area contributed by atoms with Gasteiger partial charge in [-0.1, -0.05) is 337 Å². The van der Waals surface area contributed by atoms with Crippen LogP contribution in [0.15, 0.2) is 0 Å². The molecule has 94 heavy (non-hydrogen) atoms. The summed E-state index contributed by atoms with van der Waals surface area (Å²) < 4.78 is 68.4. The molecular formula is C75H146O17P2. The third-order valence-electron chi connectivity index (χ3n) is 17.8. The zero-order chi connectivity index (χ0) is 69.3. The Morgan fingerprint density at radius 1 is 0.309 bits per heavy atom. The van der Waals surface area contributed by atoms with Crippen LogP contribution in [0.2, 0.25) is 0 Å². The first kappa shape index (κ1) is 92.1. The van der Waals surface area contributed by atoms with Gasteiger partial charge < -0.3 is 33.8 Å². The normalized spacial score (nSPS) is 14.3. The summed E-state index contributed by atoms with van der Waals surface area (Å²) in [7, 11) is -9.90. The van der Waals surface area contributed by atoms with Gasteiger partial charge in [0.25, 0.3) is 0 Å². The van der Waals surface area contributed by atoms with Crippen LogP contribution in [0.25, 0.3) is 0 Å². The van der Waals surface area contributed by atoms with E-state index in [9.17, 15) is 43.2 Å². The SMILES string of the molecule is CCCCCCCCCCCCCCCCCCCC(=O)OC[C@H](COP(=O)(O)OC[C@@H](O)COP(=O)(O)OC[C@@H](COC(=O)CCCCCCCCC)OC(=O)CCCCCCCCCCCC(C)C)OC(=O)CCCCCCCCCCCCCCCCC(C)CC. The number of ether oxygens (including phenoxy) is 4. The summed E-state index contributed by atoms with van der Waals surface area (Å²) in [5.74, 6) is -0.539. The Labute approximate surface area is 575 Å². The number of unbranched alkanes of at least 4 members (excludes halogenated alkanes) is 43. The molecule has 0 amide bonds. The van der Waals surface area contributed by atoms with E-state index in [-0.39, 0.29) is 25.7 Å². The highest BCUT2D eigenvalue weighted by molar-refractivity contribution is 7.47. The van der Waals surface area contributed by atoms with E-state index in [0.717, 1.165) is 115 Å². The molecule has 0 aliphatic carbocycles. The number of esters is 4. The Kier molecular flexibility index (Phi) is 65.5. The highest BCUT2D eigenvalue weighted by Gasteiger charge is 2.30. The summed E-state index contributed by atoms with van der Waals surface area (Å²) >= 11 is 0. The topological polar surface area (TPSA) is 237 Å². The first-order valence-corrected chi connectivity index (χ1v) is 42.0. The minimum Gasteiger partial charge on any atom is -0.462 e. The molecule has 3 unspecified atom stereocenters. The molecule has 0 aromatic carbocycles. The molecule has 558 valence electrons. The van der Waals surface area contributed by atoms with E-state index in [1.54, 1.807) is 0 Å². The van der Waals surface area contributed by atoms with Gasteiger partial charge >= 0.3 is 39.5 Å². The summed E-state index contributed by atoms with van der Waals surface area (Å²) in [6.45, 7) is 9.58. The molecule has 0 saturated heterocycles. The molecule has 0 bridgehead atoms. The van der Waals surface area contributed by atoms with Crippen molar-refractivity contribution >= 4 is 39.5 Å². The van der Waals surface area contributed by atoms with Crippen LogP contribution < -0.4 is 0 Å². The molecule has 0 radical (unpaired) electrons. The summed E-state index contributed by atoms with van der Waals surface area (Å²) in [6.07, 6.45) is 54.2. The Morgan fingerprint density at radius 3 is 0.809 bits per heavy atom. The van der Waals surface area contributed by atoms with Crippen molar-refractivity contribution in [3.8, 4) is 0 Å². The van der Waals surface area contributed by atoms with Crippen molar-refractivity contribution < 1.29 is 80.2 Å². The minimum absolute atomic E-state index is 0.105. The van der Waals surface area contributed by atoms with Crippen molar-refractivity contribution in [2.75, 3.05) is 39.6 Å². The molecule has 0 fully saturated rings. The lowest BCUT2D eigenvalue weighted by molar-refractivity contribution is -0.161. The number of phosphoric ester groups is 2. The average Bonchev–Trinajstić information content (AvgIpc) is 1.84. The second-order valence-corrected chi connectivity index (χ2v) is 30.7. The minimum atomic E-state index is -4.96. The molecule has 0 aromatic rings. The number of hydrogen-bond acceptors (Lipinski definition) is 15. The van der Waals surface area contributed by atoms with Crippen molar-refractivity contribution in [1.29, 1.82) is 0 Å². The van der Waals surface area contributed by atoms with Crippen LogP contribution in [-0.2, 0) is 65.4 Å². The van der Waals surface area contributed by atoms with Crippen LogP contribution in [0, 0.1) is 11.8 Å². The van der Waals surface area contributed by atoms with Crippen LogP contribution in [0.3, 0.4) is 0 Å². The number of carbonyl (C=O) groups is 4. The predicted octanol–water partition coefficient (Wildman–Crippen LogP) is 21.9. The molecule has 0 aliphatic rings. The van der Waals surface area contributed by atoms with Gasteiger partial charge in [-0.25, -0.2) is 9.13 Å². The number of rotatable bonds is 74. The molecule has 0 rings (SSSR count). The fourth-order valence-electron chi connectivity index (χ4n) is 11.4. The van der Waals surface area contributed by atoms with Crippen molar-refractivity contribution in [3.63, 3.8) is 0 Å². The van der Waals surface area contributed by atoms with Crippen LogP contribution in [0.5, 0.6) is 0 Å². The van der Waals surface area contributed by atoms with E-state index in [0.29, 0.717) is 25.7 Å². The largest absolute Gasteiger partial charge is 0.472 e. The first-order valence-electron chi connectivity index (χ1n) is 39.0. The van der Waals surface area contributed by atoms with Gasteiger partial charge in [-0.15, -0.1) is 0 Å². The fraction of sp³-hybridized carbons (Fsp3) is 0.947. The maximum absolute atomic E-state index is 13.1. The van der Waals surface area contributed by atoms with E-state index in [4.69, 9.17) is 37.0 Å². The summed E-state index contributed by atoms with van der Waals surface area (Å²) in [5, 5.41) is 10.6. The molecule has 17 nitrogen and oxygen atoms in total.